The predicted octanol–water partition coefficient (Wildman–Crippen LogP) is 4.82. The van der Waals surface area contributed by atoms with Gasteiger partial charge in [0.25, 0.3) is 0 Å². The highest BCUT2D eigenvalue weighted by Gasteiger charge is 2.36. The van der Waals surface area contributed by atoms with Crippen molar-refractivity contribution in [1.29, 1.82) is 0 Å². The fraction of sp³-hybridized carbons (Fsp3) is 0.235. The van der Waals surface area contributed by atoms with Gasteiger partial charge in [0.2, 0.25) is 0 Å². The second-order valence-corrected chi connectivity index (χ2v) is 6.23. The van der Waals surface area contributed by atoms with E-state index in [1.165, 1.54) is 6.07 Å². The summed E-state index contributed by atoms with van der Waals surface area (Å²) in [6, 6.07) is 8.17. The second kappa shape index (κ2) is 7.17. The lowest BCUT2D eigenvalue weighted by molar-refractivity contribution is -0.0837. The molecule has 126 valence electrons. The molecule has 0 unspecified atom stereocenters. The molecule has 0 saturated carbocycles. The number of hydrogen-bond donors (Lipinski definition) is 0. The van der Waals surface area contributed by atoms with Crippen molar-refractivity contribution in [2.75, 3.05) is 0 Å². The van der Waals surface area contributed by atoms with E-state index in [2.05, 4.69) is 9.97 Å². The molecule has 1 aromatic carbocycles. The Kier molecular flexibility index (Phi) is 5.43. The molecule has 3 nitrogen and oxygen atoms in total. The molecule has 2 aromatic rings. The zero-order chi connectivity index (χ0) is 17.9. The van der Waals surface area contributed by atoms with Crippen LogP contribution in [0.4, 0.5) is 13.2 Å². The third-order valence-corrected chi connectivity index (χ3v) is 4.05. The maximum Gasteiger partial charge on any atom is 0.422 e. The number of thioether (sulfide) groups is 1. The highest BCUT2D eigenvalue weighted by Crippen LogP contribution is 2.38. The topological polar surface area (TPSA) is 42.9 Å². The van der Waals surface area contributed by atoms with Gasteiger partial charge in [-0.2, -0.15) is 13.2 Å². The Labute approximate surface area is 142 Å². The fourth-order valence-corrected chi connectivity index (χ4v) is 2.91. The van der Waals surface area contributed by atoms with Crippen LogP contribution in [0.3, 0.4) is 0 Å². The van der Waals surface area contributed by atoms with Crippen molar-refractivity contribution >= 4 is 17.5 Å². The first-order valence-electron chi connectivity index (χ1n) is 7.06. The van der Waals surface area contributed by atoms with Crippen LogP contribution in [0.2, 0.25) is 0 Å². The number of ketones is 1. The maximum absolute atomic E-state index is 13.3. The number of carbonyl (C=O) groups is 1. The van der Waals surface area contributed by atoms with E-state index in [-0.39, 0.29) is 10.7 Å². The van der Waals surface area contributed by atoms with E-state index in [1.54, 1.807) is 45.0 Å². The standard InChI is InChI=1S/C17H15F3N2OS/c1-10-6-4-5-7-13(10)14(23)9-15(17(18,19)20)24-16-21-11(2)8-12(3)22-16/h4-9H,1-3H3/b15-9-. The highest BCUT2D eigenvalue weighted by molar-refractivity contribution is 8.03. The number of nitrogens with zero attached hydrogens (tertiary/aromatic N) is 2. The minimum absolute atomic E-state index is 0.0336. The van der Waals surface area contributed by atoms with E-state index >= 15 is 0 Å². The zero-order valence-corrected chi connectivity index (χ0v) is 14.1. The lowest BCUT2D eigenvalue weighted by Crippen LogP contribution is -2.12. The van der Waals surface area contributed by atoms with Crippen LogP contribution in [0.15, 0.2) is 46.5 Å². The number of carbonyl (C=O) groups excluding carboxylic acids is 1. The molecule has 0 bridgehead atoms. The number of allylic oxidation sites excluding steroid dienone is 2. The van der Waals surface area contributed by atoms with Crippen LogP contribution in [0.25, 0.3) is 0 Å². The number of aromatic nitrogens is 2. The third kappa shape index (κ3) is 4.67. The Balaban J connectivity index is 2.38. The van der Waals surface area contributed by atoms with Crippen LogP contribution < -0.4 is 0 Å². The van der Waals surface area contributed by atoms with Crippen molar-refractivity contribution in [3.8, 4) is 0 Å². The monoisotopic (exact) mass is 352 g/mol. The Bertz CT molecular complexity index is 780. The Hall–Kier alpha value is -2.15. The molecule has 0 atom stereocenters. The summed E-state index contributed by atoms with van der Waals surface area (Å²) < 4.78 is 39.9. The summed E-state index contributed by atoms with van der Waals surface area (Å²) in [4.78, 5) is 19.1. The van der Waals surface area contributed by atoms with E-state index in [0.29, 0.717) is 34.8 Å². The molecule has 0 aliphatic heterocycles. The van der Waals surface area contributed by atoms with Crippen LogP contribution in [0.5, 0.6) is 0 Å². The quantitative estimate of drug-likeness (QED) is 0.342. The minimum Gasteiger partial charge on any atom is -0.289 e. The number of alkyl halides is 3. The molecule has 0 N–H and O–H groups in total. The molecule has 0 spiro atoms. The lowest BCUT2D eigenvalue weighted by Gasteiger charge is -2.11. The number of benzene rings is 1. The molecule has 1 aromatic heterocycles. The van der Waals surface area contributed by atoms with Gasteiger partial charge in [-0.25, -0.2) is 9.97 Å². The first-order valence-corrected chi connectivity index (χ1v) is 7.87. The second-order valence-electron chi connectivity index (χ2n) is 5.22. The first kappa shape index (κ1) is 18.2. The van der Waals surface area contributed by atoms with Gasteiger partial charge in [-0.05, 0) is 44.2 Å². The minimum atomic E-state index is -4.66. The largest absolute Gasteiger partial charge is 0.422 e. The number of hydrogen-bond acceptors (Lipinski definition) is 4. The van der Waals surface area contributed by atoms with Gasteiger partial charge in [-0.1, -0.05) is 24.3 Å². The van der Waals surface area contributed by atoms with Crippen molar-refractivity contribution in [2.45, 2.75) is 32.1 Å². The van der Waals surface area contributed by atoms with E-state index in [0.717, 1.165) is 0 Å². The average Bonchev–Trinajstić information content (AvgIpc) is 2.44. The molecule has 0 amide bonds. The van der Waals surface area contributed by atoms with Gasteiger partial charge < -0.3 is 0 Å². The van der Waals surface area contributed by atoms with Gasteiger partial charge in [0.05, 0.1) is 0 Å². The van der Waals surface area contributed by atoms with Crippen LogP contribution in [0.1, 0.15) is 27.3 Å². The van der Waals surface area contributed by atoms with Crippen molar-refractivity contribution in [1.82, 2.24) is 9.97 Å². The molecule has 24 heavy (non-hydrogen) atoms. The molecule has 0 fully saturated rings. The molecule has 1 heterocycles. The first-order chi connectivity index (χ1) is 11.2. The highest BCUT2D eigenvalue weighted by atomic mass is 32.2. The van der Waals surface area contributed by atoms with E-state index in [4.69, 9.17) is 0 Å². The van der Waals surface area contributed by atoms with Crippen LogP contribution in [-0.4, -0.2) is 21.9 Å². The van der Waals surface area contributed by atoms with E-state index in [1.807, 2.05) is 0 Å². The molecular formula is C17H15F3N2OS. The molecule has 0 aliphatic rings. The Morgan fingerprint density at radius 2 is 1.67 bits per heavy atom. The number of halogens is 3. The van der Waals surface area contributed by atoms with Crippen molar-refractivity contribution in [3.05, 3.63) is 63.8 Å². The average molecular weight is 352 g/mol. The summed E-state index contributed by atoms with van der Waals surface area (Å²) in [7, 11) is 0. The van der Waals surface area contributed by atoms with Crippen molar-refractivity contribution in [2.24, 2.45) is 0 Å². The van der Waals surface area contributed by atoms with Gasteiger partial charge in [0.15, 0.2) is 10.9 Å². The van der Waals surface area contributed by atoms with Crippen molar-refractivity contribution in [3.63, 3.8) is 0 Å². The van der Waals surface area contributed by atoms with Gasteiger partial charge in [0, 0.05) is 23.0 Å². The van der Waals surface area contributed by atoms with Crippen LogP contribution in [0, 0.1) is 20.8 Å². The maximum atomic E-state index is 13.3. The summed E-state index contributed by atoms with van der Waals surface area (Å²) in [5, 5.41) is -0.0336. The summed E-state index contributed by atoms with van der Waals surface area (Å²) in [6.07, 6.45) is -4.06. The summed E-state index contributed by atoms with van der Waals surface area (Å²) in [5.41, 5.74) is 1.99. The van der Waals surface area contributed by atoms with E-state index < -0.39 is 16.9 Å². The predicted molar refractivity (Wildman–Crippen MR) is 87.0 cm³/mol. The van der Waals surface area contributed by atoms with E-state index in [9.17, 15) is 18.0 Å². The summed E-state index contributed by atoms with van der Waals surface area (Å²) in [5.74, 6) is -0.697. The molecule has 2 rings (SSSR count). The lowest BCUT2D eigenvalue weighted by atomic mass is 10.0. The number of aryl methyl sites for hydroxylation is 3. The van der Waals surface area contributed by atoms with Gasteiger partial charge in [-0.15, -0.1) is 0 Å². The van der Waals surface area contributed by atoms with Gasteiger partial charge in [-0.3, -0.25) is 4.79 Å². The van der Waals surface area contributed by atoms with Crippen molar-refractivity contribution < 1.29 is 18.0 Å². The fourth-order valence-electron chi connectivity index (χ4n) is 2.05. The molecule has 0 radical (unpaired) electrons. The molecule has 0 saturated heterocycles. The zero-order valence-electron chi connectivity index (χ0n) is 13.3. The molecule has 0 aliphatic carbocycles. The van der Waals surface area contributed by atoms with Crippen LogP contribution >= 0.6 is 11.8 Å². The Morgan fingerprint density at radius 3 is 2.21 bits per heavy atom. The van der Waals surface area contributed by atoms with Gasteiger partial charge in [0.1, 0.15) is 4.91 Å². The van der Waals surface area contributed by atoms with Crippen LogP contribution in [-0.2, 0) is 0 Å². The smallest absolute Gasteiger partial charge is 0.289 e. The molecule has 7 heteroatoms. The SMILES string of the molecule is Cc1cc(C)nc(S/C(=C\C(=O)c2ccccc2C)C(F)(F)F)n1. The number of rotatable bonds is 4. The summed E-state index contributed by atoms with van der Waals surface area (Å²) in [6.45, 7) is 5.02. The Morgan fingerprint density at radius 1 is 1.08 bits per heavy atom. The summed E-state index contributed by atoms with van der Waals surface area (Å²) >= 11 is 0.346. The normalized spacial score (nSPS) is 12.3. The third-order valence-electron chi connectivity index (χ3n) is 3.12. The van der Waals surface area contributed by atoms with Gasteiger partial charge >= 0.3 is 6.18 Å². The molecular weight excluding hydrogens is 337 g/mol.